The Morgan fingerprint density at radius 1 is 1.30 bits per heavy atom. The van der Waals surface area contributed by atoms with Crippen molar-refractivity contribution in [3.05, 3.63) is 54.5 Å². The summed E-state index contributed by atoms with van der Waals surface area (Å²) in [6.45, 7) is 1.87. The lowest BCUT2D eigenvalue weighted by molar-refractivity contribution is -0.119. The number of hydrogen-bond acceptors (Lipinski definition) is 6. The molecule has 0 saturated carbocycles. The predicted octanol–water partition coefficient (Wildman–Crippen LogP) is 2.22. The fourth-order valence-electron chi connectivity index (χ4n) is 2.02. The lowest BCUT2D eigenvalue weighted by Gasteiger charge is -2.11. The van der Waals surface area contributed by atoms with E-state index in [0.29, 0.717) is 5.16 Å². The van der Waals surface area contributed by atoms with Gasteiger partial charge >= 0.3 is 0 Å². The van der Waals surface area contributed by atoms with Gasteiger partial charge in [-0.15, -0.1) is 5.10 Å². The van der Waals surface area contributed by atoms with Gasteiger partial charge in [0.2, 0.25) is 11.1 Å². The van der Waals surface area contributed by atoms with Gasteiger partial charge in [-0.3, -0.25) is 4.79 Å². The van der Waals surface area contributed by atoms with E-state index in [2.05, 4.69) is 20.8 Å². The molecule has 0 spiro atoms. The number of thioether (sulfide) groups is 1. The SMILES string of the molecule is C[C@@H](NC(=O)CSc1nnnn1-c1ccccc1)c1ccco1. The molecule has 0 radical (unpaired) electrons. The molecule has 1 N–H and O–H groups in total. The number of carbonyl (C=O) groups is 1. The maximum atomic E-state index is 12.0. The van der Waals surface area contributed by atoms with E-state index in [1.165, 1.54) is 11.8 Å². The zero-order chi connectivity index (χ0) is 16.1. The van der Waals surface area contributed by atoms with Gasteiger partial charge in [0.05, 0.1) is 23.7 Å². The maximum Gasteiger partial charge on any atom is 0.231 e. The van der Waals surface area contributed by atoms with E-state index in [4.69, 9.17) is 4.42 Å². The number of carbonyl (C=O) groups excluding carboxylic acids is 1. The topological polar surface area (TPSA) is 85.8 Å². The fraction of sp³-hybridized carbons (Fsp3) is 0.200. The number of para-hydroxylation sites is 1. The second-order valence-corrected chi connectivity index (χ2v) is 5.74. The molecule has 118 valence electrons. The number of rotatable bonds is 6. The number of aromatic nitrogens is 4. The van der Waals surface area contributed by atoms with Crippen LogP contribution in [0.1, 0.15) is 18.7 Å². The predicted molar refractivity (Wildman–Crippen MR) is 85.1 cm³/mol. The summed E-state index contributed by atoms with van der Waals surface area (Å²) in [7, 11) is 0. The van der Waals surface area contributed by atoms with Crippen LogP contribution < -0.4 is 5.32 Å². The second-order valence-electron chi connectivity index (χ2n) is 4.80. The maximum absolute atomic E-state index is 12.0. The van der Waals surface area contributed by atoms with Crippen LogP contribution in [0.5, 0.6) is 0 Å². The van der Waals surface area contributed by atoms with Crippen molar-refractivity contribution in [3.63, 3.8) is 0 Å². The van der Waals surface area contributed by atoms with Crippen molar-refractivity contribution in [1.82, 2.24) is 25.5 Å². The van der Waals surface area contributed by atoms with Crippen LogP contribution in [-0.2, 0) is 4.79 Å². The van der Waals surface area contributed by atoms with Crippen LogP contribution >= 0.6 is 11.8 Å². The first-order valence-electron chi connectivity index (χ1n) is 7.03. The third-order valence-corrected chi connectivity index (χ3v) is 4.04. The molecule has 0 aliphatic carbocycles. The highest BCUT2D eigenvalue weighted by Crippen LogP contribution is 2.18. The number of tetrazole rings is 1. The molecule has 1 atom stereocenters. The van der Waals surface area contributed by atoms with E-state index in [9.17, 15) is 4.79 Å². The lowest BCUT2D eigenvalue weighted by Crippen LogP contribution is -2.28. The molecule has 23 heavy (non-hydrogen) atoms. The van der Waals surface area contributed by atoms with Gasteiger partial charge in [0, 0.05) is 0 Å². The van der Waals surface area contributed by atoms with Crippen LogP contribution in [0.2, 0.25) is 0 Å². The first-order chi connectivity index (χ1) is 11.2. The minimum Gasteiger partial charge on any atom is -0.467 e. The number of hydrogen-bond donors (Lipinski definition) is 1. The summed E-state index contributed by atoms with van der Waals surface area (Å²) < 4.78 is 6.87. The molecular formula is C15H15N5O2S. The first kappa shape index (κ1) is 15.3. The highest BCUT2D eigenvalue weighted by Gasteiger charge is 2.14. The Morgan fingerprint density at radius 3 is 2.87 bits per heavy atom. The van der Waals surface area contributed by atoms with E-state index in [1.54, 1.807) is 17.0 Å². The van der Waals surface area contributed by atoms with Crippen molar-refractivity contribution in [2.75, 3.05) is 5.75 Å². The molecule has 2 heterocycles. The highest BCUT2D eigenvalue weighted by atomic mass is 32.2. The minimum atomic E-state index is -0.178. The molecular weight excluding hydrogens is 314 g/mol. The molecule has 0 fully saturated rings. The van der Waals surface area contributed by atoms with E-state index >= 15 is 0 Å². The van der Waals surface area contributed by atoms with E-state index in [-0.39, 0.29) is 17.7 Å². The number of nitrogens with zero attached hydrogens (tertiary/aromatic N) is 4. The normalized spacial score (nSPS) is 12.0. The molecule has 0 bridgehead atoms. The van der Waals surface area contributed by atoms with Crippen LogP contribution in [0.4, 0.5) is 0 Å². The molecule has 8 heteroatoms. The van der Waals surface area contributed by atoms with Crippen LogP contribution in [0, 0.1) is 0 Å². The lowest BCUT2D eigenvalue weighted by atomic mass is 10.2. The molecule has 2 aromatic heterocycles. The van der Waals surface area contributed by atoms with E-state index in [0.717, 1.165) is 11.4 Å². The molecule has 3 aromatic rings. The number of amides is 1. The molecule has 0 saturated heterocycles. The third-order valence-electron chi connectivity index (χ3n) is 3.12. The number of furan rings is 1. The summed E-state index contributed by atoms with van der Waals surface area (Å²) in [6.07, 6.45) is 1.58. The monoisotopic (exact) mass is 329 g/mol. The molecule has 1 aromatic carbocycles. The summed E-state index contributed by atoms with van der Waals surface area (Å²) in [4.78, 5) is 12.0. The largest absolute Gasteiger partial charge is 0.467 e. The molecule has 0 aliphatic rings. The van der Waals surface area contributed by atoms with Gasteiger partial charge in [-0.25, -0.2) is 0 Å². The van der Waals surface area contributed by atoms with Gasteiger partial charge in [0.25, 0.3) is 0 Å². The summed E-state index contributed by atoms with van der Waals surface area (Å²) >= 11 is 1.28. The smallest absolute Gasteiger partial charge is 0.231 e. The van der Waals surface area contributed by atoms with Crippen molar-refractivity contribution >= 4 is 17.7 Å². The second kappa shape index (κ2) is 7.10. The van der Waals surface area contributed by atoms with Gasteiger partial charge in [0.1, 0.15) is 5.76 Å². The Labute approximate surface area is 137 Å². The molecule has 0 aliphatic heterocycles. The van der Waals surface area contributed by atoms with Crippen molar-refractivity contribution in [2.24, 2.45) is 0 Å². The summed E-state index contributed by atoms with van der Waals surface area (Å²) in [5.41, 5.74) is 0.851. The first-order valence-corrected chi connectivity index (χ1v) is 8.02. The average Bonchev–Trinajstić information content (AvgIpc) is 3.25. The van der Waals surface area contributed by atoms with Gasteiger partial charge in [-0.05, 0) is 41.6 Å². The Kier molecular flexibility index (Phi) is 4.72. The van der Waals surface area contributed by atoms with Crippen molar-refractivity contribution in [1.29, 1.82) is 0 Å². The Hall–Kier alpha value is -2.61. The standard InChI is InChI=1S/C15H15N5O2S/c1-11(13-8-5-9-22-13)16-14(21)10-23-15-17-18-19-20(15)12-6-3-2-4-7-12/h2-9,11H,10H2,1H3,(H,16,21)/t11-/m1/s1. The van der Waals surface area contributed by atoms with Gasteiger partial charge < -0.3 is 9.73 Å². The van der Waals surface area contributed by atoms with Crippen LogP contribution in [-0.4, -0.2) is 31.9 Å². The summed E-state index contributed by atoms with van der Waals surface area (Å²) in [6, 6.07) is 13.0. The van der Waals surface area contributed by atoms with Crippen LogP contribution in [0.15, 0.2) is 58.3 Å². The molecule has 7 nitrogen and oxygen atoms in total. The minimum absolute atomic E-state index is 0.110. The quantitative estimate of drug-likeness (QED) is 0.698. The number of nitrogens with one attached hydrogen (secondary N) is 1. The highest BCUT2D eigenvalue weighted by molar-refractivity contribution is 7.99. The molecule has 0 unspecified atom stereocenters. The van der Waals surface area contributed by atoms with Gasteiger partial charge in [-0.2, -0.15) is 4.68 Å². The van der Waals surface area contributed by atoms with Gasteiger partial charge in [0.15, 0.2) is 0 Å². The fourth-order valence-corrected chi connectivity index (χ4v) is 2.72. The third kappa shape index (κ3) is 3.78. The van der Waals surface area contributed by atoms with E-state index < -0.39 is 0 Å². The average molecular weight is 329 g/mol. The van der Waals surface area contributed by atoms with Crippen LogP contribution in [0.3, 0.4) is 0 Å². The van der Waals surface area contributed by atoms with Crippen molar-refractivity contribution < 1.29 is 9.21 Å². The zero-order valence-corrected chi connectivity index (χ0v) is 13.2. The summed E-state index contributed by atoms with van der Waals surface area (Å²) in [5, 5.41) is 15.0. The molecule has 1 amide bonds. The zero-order valence-electron chi connectivity index (χ0n) is 12.4. The summed E-state index contributed by atoms with van der Waals surface area (Å²) in [5.74, 6) is 0.831. The van der Waals surface area contributed by atoms with Gasteiger partial charge in [-0.1, -0.05) is 30.0 Å². The molecule has 3 rings (SSSR count). The Balaban J connectivity index is 1.59. The Bertz CT molecular complexity index is 757. The number of benzene rings is 1. The Morgan fingerprint density at radius 2 is 2.13 bits per heavy atom. The van der Waals surface area contributed by atoms with E-state index in [1.807, 2.05) is 43.3 Å². The van der Waals surface area contributed by atoms with Crippen LogP contribution in [0.25, 0.3) is 5.69 Å². The van der Waals surface area contributed by atoms with Crippen molar-refractivity contribution in [2.45, 2.75) is 18.1 Å². The van der Waals surface area contributed by atoms with Crippen molar-refractivity contribution in [3.8, 4) is 5.69 Å².